The van der Waals surface area contributed by atoms with Crippen molar-refractivity contribution in [3.8, 4) is 0 Å². The molecule has 172 valence electrons. The second kappa shape index (κ2) is 11.8. The number of hydrogen-bond donors (Lipinski definition) is 2. The minimum atomic E-state index is -0.482. The summed E-state index contributed by atoms with van der Waals surface area (Å²) in [5, 5.41) is 4.29. The molecule has 2 N–H and O–H groups in total. The number of nitrogens with zero attached hydrogens (tertiary/aromatic N) is 4. The van der Waals surface area contributed by atoms with E-state index in [1.165, 1.54) is 43.1 Å². The average Bonchev–Trinajstić information content (AvgIpc) is 3.14. The third kappa shape index (κ3) is 6.18. The zero-order valence-corrected chi connectivity index (χ0v) is 20.3. The molecule has 0 saturated heterocycles. The van der Waals surface area contributed by atoms with E-state index in [9.17, 15) is 9.59 Å². The summed E-state index contributed by atoms with van der Waals surface area (Å²) < 4.78 is 4.17. The van der Waals surface area contributed by atoms with Gasteiger partial charge in [-0.15, -0.1) is 0 Å². The molecule has 0 unspecified atom stereocenters. The van der Waals surface area contributed by atoms with E-state index in [0.717, 1.165) is 22.9 Å². The van der Waals surface area contributed by atoms with Crippen molar-refractivity contribution in [2.45, 2.75) is 64.8 Å². The van der Waals surface area contributed by atoms with Gasteiger partial charge in [-0.1, -0.05) is 79.9 Å². The molecule has 0 atom stereocenters. The fourth-order valence-electron chi connectivity index (χ4n) is 3.65. The van der Waals surface area contributed by atoms with Crippen LogP contribution in [0.5, 0.6) is 0 Å². The molecule has 0 spiro atoms. The van der Waals surface area contributed by atoms with Gasteiger partial charge in [0.25, 0.3) is 5.56 Å². The van der Waals surface area contributed by atoms with Gasteiger partial charge in [0.1, 0.15) is 0 Å². The van der Waals surface area contributed by atoms with E-state index < -0.39 is 11.2 Å². The monoisotopic (exact) mass is 502 g/mol. The lowest BCUT2D eigenvalue weighted by atomic mass is 10.1. The number of hydrazone groups is 1. The highest BCUT2D eigenvalue weighted by molar-refractivity contribution is 9.10. The van der Waals surface area contributed by atoms with Crippen molar-refractivity contribution in [2.75, 3.05) is 5.43 Å². The van der Waals surface area contributed by atoms with Gasteiger partial charge in [0.15, 0.2) is 11.2 Å². The number of benzene rings is 1. The molecule has 0 saturated carbocycles. The molecule has 0 bridgehead atoms. The fraction of sp³-hybridized carbons (Fsp3) is 0.478. The minimum absolute atomic E-state index is 0.347. The Balaban J connectivity index is 1.74. The number of imidazole rings is 1. The van der Waals surface area contributed by atoms with Gasteiger partial charge >= 0.3 is 5.69 Å². The number of halogens is 1. The topological polar surface area (TPSA) is 97.1 Å². The minimum Gasteiger partial charge on any atom is -0.303 e. The predicted molar refractivity (Wildman–Crippen MR) is 134 cm³/mol. The van der Waals surface area contributed by atoms with Crippen molar-refractivity contribution in [1.29, 1.82) is 0 Å². The SMILES string of the molecule is CCCCCCCCCCn1c(N/N=C/c2ccc(Br)cc2)nc2c1c(=O)[nH]c(=O)n2C. The molecule has 8 nitrogen and oxygen atoms in total. The van der Waals surface area contributed by atoms with Crippen LogP contribution in [-0.2, 0) is 13.6 Å². The summed E-state index contributed by atoms with van der Waals surface area (Å²) in [6.45, 7) is 2.85. The lowest BCUT2D eigenvalue weighted by Crippen LogP contribution is -2.29. The molecule has 0 aliphatic rings. The van der Waals surface area contributed by atoms with E-state index in [1.807, 2.05) is 28.8 Å². The van der Waals surface area contributed by atoms with E-state index in [4.69, 9.17) is 0 Å². The Bertz CT molecular complexity index is 1160. The number of hydrogen-bond acceptors (Lipinski definition) is 5. The maximum Gasteiger partial charge on any atom is 0.329 e. The molecule has 0 fully saturated rings. The first-order chi connectivity index (χ1) is 15.5. The van der Waals surface area contributed by atoms with Crippen LogP contribution in [0.2, 0.25) is 0 Å². The van der Waals surface area contributed by atoms with Gasteiger partial charge in [0.05, 0.1) is 6.21 Å². The highest BCUT2D eigenvalue weighted by atomic mass is 79.9. The molecule has 0 aliphatic carbocycles. The predicted octanol–water partition coefficient (Wildman–Crippen LogP) is 4.77. The molecule has 2 heterocycles. The molecular weight excluding hydrogens is 472 g/mol. The van der Waals surface area contributed by atoms with Crippen LogP contribution in [-0.4, -0.2) is 25.3 Å². The van der Waals surface area contributed by atoms with Crippen LogP contribution < -0.4 is 16.7 Å². The van der Waals surface area contributed by atoms with E-state index in [2.05, 4.69) is 43.3 Å². The van der Waals surface area contributed by atoms with Gasteiger partial charge in [-0.3, -0.25) is 14.3 Å². The first kappa shape index (κ1) is 24.0. The van der Waals surface area contributed by atoms with Gasteiger partial charge in [0, 0.05) is 18.1 Å². The van der Waals surface area contributed by atoms with Crippen LogP contribution in [0, 0.1) is 0 Å². The Labute approximate surface area is 195 Å². The third-order valence-electron chi connectivity index (χ3n) is 5.49. The molecule has 9 heteroatoms. The Morgan fingerprint density at radius 3 is 2.41 bits per heavy atom. The number of fused-ring (bicyclic) bond motifs is 1. The molecule has 0 radical (unpaired) electrons. The zero-order valence-electron chi connectivity index (χ0n) is 18.7. The molecular formula is C23H31BrN6O2. The van der Waals surface area contributed by atoms with Crippen molar-refractivity contribution in [2.24, 2.45) is 12.1 Å². The largest absolute Gasteiger partial charge is 0.329 e. The second-order valence-electron chi connectivity index (χ2n) is 7.97. The van der Waals surface area contributed by atoms with Gasteiger partial charge in [-0.2, -0.15) is 10.1 Å². The van der Waals surface area contributed by atoms with Crippen LogP contribution in [0.4, 0.5) is 5.95 Å². The van der Waals surface area contributed by atoms with Crippen LogP contribution >= 0.6 is 15.9 Å². The van der Waals surface area contributed by atoms with Crippen molar-refractivity contribution in [3.05, 3.63) is 55.1 Å². The highest BCUT2D eigenvalue weighted by Crippen LogP contribution is 2.18. The number of aryl methyl sites for hydroxylation is 2. The van der Waals surface area contributed by atoms with Gasteiger partial charge < -0.3 is 4.57 Å². The third-order valence-corrected chi connectivity index (χ3v) is 6.02. The summed E-state index contributed by atoms with van der Waals surface area (Å²) in [6.07, 6.45) is 11.2. The number of aromatic amines is 1. The van der Waals surface area contributed by atoms with Gasteiger partial charge in [-0.25, -0.2) is 10.2 Å². The summed E-state index contributed by atoms with van der Waals surface area (Å²) in [5.41, 5.74) is 3.70. The Kier molecular flexibility index (Phi) is 8.84. The van der Waals surface area contributed by atoms with Crippen LogP contribution in [0.25, 0.3) is 11.2 Å². The van der Waals surface area contributed by atoms with Crippen molar-refractivity contribution in [1.82, 2.24) is 19.1 Å². The number of unbranched alkanes of at least 4 members (excludes halogenated alkanes) is 7. The number of aromatic nitrogens is 4. The van der Waals surface area contributed by atoms with Gasteiger partial charge in [0.2, 0.25) is 5.95 Å². The molecule has 0 aliphatic heterocycles. The summed E-state index contributed by atoms with van der Waals surface area (Å²) in [4.78, 5) is 31.4. The van der Waals surface area contributed by atoms with Crippen LogP contribution in [0.3, 0.4) is 0 Å². The first-order valence-corrected chi connectivity index (χ1v) is 12.0. The number of nitrogens with one attached hydrogen (secondary N) is 2. The van der Waals surface area contributed by atoms with E-state index >= 15 is 0 Å². The Morgan fingerprint density at radius 1 is 1.06 bits per heavy atom. The second-order valence-corrected chi connectivity index (χ2v) is 8.89. The number of anilines is 1. The Hall–Kier alpha value is -2.68. The van der Waals surface area contributed by atoms with E-state index in [0.29, 0.717) is 23.7 Å². The summed E-state index contributed by atoms with van der Waals surface area (Å²) >= 11 is 3.42. The van der Waals surface area contributed by atoms with Crippen molar-refractivity contribution in [3.63, 3.8) is 0 Å². The molecule has 0 amide bonds. The number of H-pyrrole nitrogens is 1. The summed E-state index contributed by atoms with van der Waals surface area (Å²) in [6, 6.07) is 7.75. The fourth-order valence-corrected chi connectivity index (χ4v) is 3.92. The molecule has 3 rings (SSSR count). The molecule has 2 aromatic heterocycles. The smallest absolute Gasteiger partial charge is 0.303 e. The lowest BCUT2D eigenvalue weighted by molar-refractivity contribution is 0.549. The van der Waals surface area contributed by atoms with Crippen molar-refractivity contribution < 1.29 is 0 Å². The molecule has 3 aromatic rings. The van der Waals surface area contributed by atoms with Gasteiger partial charge in [-0.05, 0) is 24.1 Å². The maximum absolute atomic E-state index is 12.5. The summed E-state index contributed by atoms with van der Waals surface area (Å²) in [7, 11) is 1.60. The quantitative estimate of drug-likeness (QED) is 0.211. The van der Waals surface area contributed by atoms with Crippen LogP contribution in [0.1, 0.15) is 63.9 Å². The van der Waals surface area contributed by atoms with E-state index in [1.54, 1.807) is 13.3 Å². The maximum atomic E-state index is 12.5. The van der Waals surface area contributed by atoms with Crippen LogP contribution in [0.15, 0.2) is 43.4 Å². The highest BCUT2D eigenvalue weighted by Gasteiger charge is 2.16. The zero-order chi connectivity index (χ0) is 22.9. The normalized spacial score (nSPS) is 11.6. The molecule has 32 heavy (non-hydrogen) atoms. The number of rotatable bonds is 12. The lowest BCUT2D eigenvalue weighted by Gasteiger charge is -2.08. The van der Waals surface area contributed by atoms with Crippen molar-refractivity contribution >= 4 is 39.3 Å². The molecule has 1 aromatic carbocycles. The standard InChI is InChI=1S/C23H31BrN6O2/c1-3-4-5-6-7-8-9-10-15-30-19-20(29(2)23(32)27-21(19)31)26-22(30)28-25-16-17-11-13-18(24)14-12-17/h11-14,16H,3-10,15H2,1-2H3,(H,26,28)(H,27,31,32)/b25-16+. The Morgan fingerprint density at radius 2 is 1.72 bits per heavy atom. The first-order valence-electron chi connectivity index (χ1n) is 11.3. The summed E-state index contributed by atoms with van der Waals surface area (Å²) in [5.74, 6) is 0.447. The average molecular weight is 503 g/mol. The van der Waals surface area contributed by atoms with E-state index in [-0.39, 0.29) is 0 Å².